The first-order chi connectivity index (χ1) is 8.08. The normalized spacial score (nSPS) is 16.6. The molecule has 5 heteroatoms. The van der Waals surface area contributed by atoms with Gasteiger partial charge >= 0.3 is 0 Å². The van der Waals surface area contributed by atoms with Crippen LogP contribution in [0, 0.1) is 5.92 Å². The van der Waals surface area contributed by atoms with Crippen molar-refractivity contribution in [1.29, 1.82) is 0 Å². The van der Waals surface area contributed by atoms with Gasteiger partial charge in [0.15, 0.2) is 0 Å². The largest absolute Gasteiger partial charge is 0.350 e. The van der Waals surface area contributed by atoms with E-state index in [9.17, 15) is 4.79 Å². The molecular weight excluding hydrogens is 348 g/mol. The number of amides is 1. The molecule has 0 spiro atoms. The van der Waals surface area contributed by atoms with E-state index in [2.05, 4.69) is 37.2 Å². The van der Waals surface area contributed by atoms with Crippen LogP contribution in [0.4, 0.5) is 0 Å². The van der Waals surface area contributed by atoms with Crippen LogP contribution in [0.25, 0.3) is 0 Å². The molecule has 1 unspecified atom stereocenters. The van der Waals surface area contributed by atoms with Crippen molar-refractivity contribution in [3.05, 3.63) is 32.7 Å². The highest BCUT2D eigenvalue weighted by Gasteiger charge is 2.28. The van der Waals surface area contributed by atoms with Crippen LogP contribution in [-0.2, 0) is 0 Å². The molecule has 0 heterocycles. The molecule has 1 aromatic carbocycles. The topological polar surface area (TPSA) is 55.1 Å². The summed E-state index contributed by atoms with van der Waals surface area (Å²) in [6.45, 7) is 0.548. The van der Waals surface area contributed by atoms with E-state index in [1.807, 2.05) is 12.1 Å². The summed E-state index contributed by atoms with van der Waals surface area (Å²) in [6.07, 6.45) is 2.39. The van der Waals surface area contributed by atoms with Gasteiger partial charge in [-0.05, 0) is 52.9 Å². The second-order valence-electron chi connectivity index (χ2n) is 4.34. The van der Waals surface area contributed by atoms with Crippen molar-refractivity contribution in [2.75, 3.05) is 6.54 Å². The minimum absolute atomic E-state index is 0.0829. The van der Waals surface area contributed by atoms with Gasteiger partial charge in [0.1, 0.15) is 0 Å². The fourth-order valence-corrected chi connectivity index (χ4v) is 2.90. The second-order valence-corrected chi connectivity index (χ2v) is 6.11. The Bertz CT molecular complexity index is 433. The van der Waals surface area contributed by atoms with E-state index in [-0.39, 0.29) is 11.9 Å². The zero-order valence-electron chi connectivity index (χ0n) is 9.25. The van der Waals surface area contributed by atoms with Crippen molar-refractivity contribution >= 4 is 37.8 Å². The molecule has 2 rings (SSSR count). The minimum atomic E-state index is -0.0829. The molecule has 92 valence electrons. The standard InChI is InChI=1S/C12H14Br2N2O/c13-8-3-4-9(10(14)5-8)12(17)16-6-11(15)7-1-2-7/h3-5,7,11H,1-2,6,15H2,(H,16,17). The third kappa shape index (κ3) is 3.53. The summed E-state index contributed by atoms with van der Waals surface area (Å²) in [6, 6.07) is 5.58. The average Bonchev–Trinajstić information content (AvgIpc) is 3.09. The lowest BCUT2D eigenvalue weighted by atomic mass is 10.2. The molecule has 3 nitrogen and oxygen atoms in total. The lowest BCUT2D eigenvalue weighted by molar-refractivity contribution is 0.0949. The summed E-state index contributed by atoms with van der Waals surface area (Å²) in [5.41, 5.74) is 6.57. The quantitative estimate of drug-likeness (QED) is 0.866. The van der Waals surface area contributed by atoms with Gasteiger partial charge in [0.25, 0.3) is 5.91 Å². The zero-order valence-corrected chi connectivity index (χ0v) is 12.4. The van der Waals surface area contributed by atoms with Gasteiger partial charge in [-0.3, -0.25) is 4.79 Å². The Kier molecular flexibility index (Phi) is 4.22. The number of halogens is 2. The zero-order chi connectivity index (χ0) is 12.4. The molecule has 1 saturated carbocycles. The van der Waals surface area contributed by atoms with Crippen LogP contribution in [0.5, 0.6) is 0 Å². The van der Waals surface area contributed by atoms with E-state index in [0.29, 0.717) is 18.0 Å². The molecule has 0 aliphatic heterocycles. The molecule has 0 aromatic heterocycles. The van der Waals surface area contributed by atoms with E-state index in [1.54, 1.807) is 6.07 Å². The SMILES string of the molecule is NC(CNC(=O)c1ccc(Br)cc1Br)C1CC1. The highest BCUT2D eigenvalue weighted by Crippen LogP contribution is 2.31. The monoisotopic (exact) mass is 360 g/mol. The van der Waals surface area contributed by atoms with Crippen LogP contribution in [0.15, 0.2) is 27.1 Å². The van der Waals surface area contributed by atoms with E-state index in [4.69, 9.17) is 5.73 Å². The third-order valence-corrected chi connectivity index (χ3v) is 4.05. The Balaban J connectivity index is 1.94. The summed E-state index contributed by atoms with van der Waals surface area (Å²) < 4.78 is 1.72. The fourth-order valence-electron chi connectivity index (χ4n) is 1.67. The number of nitrogens with two attached hydrogens (primary N) is 1. The number of hydrogen-bond donors (Lipinski definition) is 2. The summed E-state index contributed by atoms with van der Waals surface area (Å²) in [5, 5.41) is 2.87. The van der Waals surface area contributed by atoms with Crippen LogP contribution in [0.3, 0.4) is 0 Å². The van der Waals surface area contributed by atoms with Crippen molar-refractivity contribution in [2.24, 2.45) is 11.7 Å². The third-order valence-electron chi connectivity index (χ3n) is 2.90. The Labute approximate surface area is 117 Å². The van der Waals surface area contributed by atoms with Crippen molar-refractivity contribution < 1.29 is 4.79 Å². The highest BCUT2D eigenvalue weighted by atomic mass is 79.9. The maximum Gasteiger partial charge on any atom is 0.252 e. The smallest absolute Gasteiger partial charge is 0.252 e. The first-order valence-corrected chi connectivity index (χ1v) is 7.15. The maximum atomic E-state index is 11.9. The van der Waals surface area contributed by atoms with Crippen LogP contribution >= 0.6 is 31.9 Å². The van der Waals surface area contributed by atoms with Gasteiger partial charge in [0.05, 0.1) is 5.56 Å². The predicted molar refractivity (Wildman–Crippen MR) is 74.9 cm³/mol. The van der Waals surface area contributed by atoms with Crippen molar-refractivity contribution in [2.45, 2.75) is 18.9 Å². The molecule has 1 aromatic rings. The van der Waals surface area contributed by atoms with Gasteiger partial charge in [-0.25, -0.2) is 0 Å². The molecule has 17 heavy (non-hydrogen) atoms. The van der Waals surface area contributed by atoms with E-state index >= 15 is 0 Å². The van der Waals surface area contributed by atoms with Gasteiger partial charge in [-0.2, -0.15) is 0 Å². The Hall–Kier alpha value is -0.390. The summed E-state index contributed by atoms with van der Waals surface area (Å²) >= 11 is 6.73. The van der Waals surface area contributed by atoms with E-state index < -0.39 is 0 Å². The number of hydrogen-bond acceptors (Lipinski definition) is 2. The molecule has 1 atom stereocenters. The Morgan fingerprint density at radius 1 is 1.47 bits per heavy atom. The molecule has 1 amide bonds. The summed E-state index contributed by atoms with van der Waals surface area (Å²) in [4.78, 5) is 11.9. The first-order valence-electron chi connectivity index (χ1n) is 5.57. The number of rotatable bonds is 4. The number of carbonyl (C=O) groups is 1. The Morgan fingerprint density at radius 3 is 2.76 bits per heavy atom. The number of benzene rings is 1. The Morgan fingerprint density at radius 2 is 2.18 bits per heavy atom. The van der Waals surface area contributed by atoms with Crippen LogP contribution in [-0.4, -0.2) is 18.5 Å². The second kappa shape index (κ2) is 5.50. The lowest BCUT2D eigenvalue weighted by Crippen LogP contribution is -2.38. The molecule has 0 radical (unpaired) electrons. The summed E-state index contributed by atoms with van der Waals surface area (Å²) in [7, 11) is 0. The molecule has 1 fully saturated rings. The highest BCUT2D eigenvalue weighted by molar-refractivity contribution is 9.11. The fraction of sp³-hybridized carbons (Fsp3) is 0.417. The molecule has 1 aliphatic carbocycles. The molecular formula is C12H14Br2N2O. The predicted octanol–water partition coefficient (Wildman–Crippen LogP) is 2.68. The first kappa shape index (κ1) is 13.1. The van der Waals surface area contributed by atoms with Crippen molar-refractivity contribution in [1.82, 2.24) is 5.32 Å². The van der Waals surface area contributed by atoms with Crippen LogP contribution < -0.4 is 11.1 Å². The summed E-state index contributed by atoms with van der Waals surface area (Å²) in [5.74, 6) is 0.518. The van der Waals surface area contributed by atoms with Crippen molar-refractivity contribution in [3.63, 3.8) is 0 Å². The van der Waals surface area contributed by atoms with E-state index in [0.717, 1.165) is 8.95 Å². The number of nitrogens with one attached hydrogen (secondary N) is 1. The van der Waals surface area contributed by atoms with Gasteiger partial charge in [0.2, 0.25) is 0 Å². The van der Waals surface area contributed by atoms with Gasteiger partial charge < -0.3 is 11.1 Å². The lowest BCUT2D eigenvalue weighted by Gasteiger charge is -2.12. The van der Waals surface area contributed by atoms with Crippen LogP contribution in [0.1, 0.15) is 23.2 Å². The average molecular weight is 362 g/mol. The minimum Gasteiger partial charge on any atom is -0.350 e. The molecule has 3 N–H and O–H groups in total. The van der Waals surface area contributed by atoms with E-state index in [1.165, 1.54) is 12.8 Å². The molecule has 0 saturated heterocycles. The van der Waals surface area contributed by atoms with Crippen molar-refractivity contribution in [3.8, 4) is 0 Å². The van der Waals surface area contributed by atoms with Gasteiger partial charge in [0, 0.05) is 21.5 Å². The van der Waals surface area contributed by atoms with Crippen LogP contribution in [0.2, 0.25) is 0 Å². The van der Waals surface area contributed by atoms with Gasteiger partial charge in [-0.15, -0.1) is 0 Å². The number of carbonyl (C=O) groups excluding carboxylic acids is 1. The van der Waals surface area contributed by atoms with Gasteiger partial charge in [-0.1, -0.05) is 15.9 Å². The molecule has 1 aliphatic rings. The maximum absolute atomic E-state index is 11.9. The molecule has 0 bridgehead atoms.